The summed E-state index contributed by atoms with van der Waals surface area (Å²) in [7, 11) is -5.45. The average Bonchev–Trinajstić information content (AvgIpc) is 3.10. The summed E-state index contributed by atoms with van der Waals surface area (Å²) in [5.74, 6) is -10.8. The summed E-state index contributed by atoms with van der Waals surface area (Å²) in [6.45, 7) is 6.67. The predicted octanol–water partition coefficient (Wildman–Crippen LogP) is 6.09. The lowest BCUT2D eigenvalue weighted by Gasteiger charge is -2.48. The molecule has 0 aromatic rings. The second-order valence-electron chi connectivity index (χ2n) is 9.81. The van der Waals surface area contributed by atoms with Gasteiger partial charge in [-0.05, 0) is 54.3 Å². The number of hydrogen-bond acceptors (Lipinski definition) is 3. The summed E-state index contributed by atoms with van der Waals surface area (Å²) in [5, 5.41) is 0. The molecule has 2 saturated carbocycles. The highest BCUT2D eigenvalue weighted by molar-refractivity contribution is 7.85. The Kier molecular flexibility index (Phi) is 7.52. The monoisotopic (exact) mass is 522 g/mol. The third kappa shape index (κ3) is 5.26. The first-order chi connectivity index (χ1) is 14.6. The summed E-state index contributed by atoms with van der Waals surface area (Å²) >= 11 is 0. The van der Waals surface area contributed by atoms with Crippen molar-refractivity contribution in [2.45, 2.75) is 64.7 Å². The van der Waals surface area contributed by atoms with Crippen LogP contribution >= 0.6 is 0 Å². The summed E-state index contributed by atoms with van der Waals surface area (Å²) < 4.78 is 159. The van der Waals surface area contributed by atoms with Crippen LogP contribution in [0.1, 0.15) is 40.5 Å². The first-order valence-electron chi connectivity index (χ1n) is 10.3. The molecule has 2 aliphatic carbocycles. The molecule has 1 N–H and O–H groups in total. The Bertz CT molecular complexity index is 788. The molecule has 0 spiro atoms. The van der Waals surface area contributed by atoms with Gasteiger partial charge in [0.25, 0.3) is 15.7 Å². The fourth-order valence-electron chi connectivity index (χ4n) is 6.39. The maximum atomic E-state index is 14.0. The first kappa shape index (κ1) is 28.5. The van der Waals surface area contributed by atoms with Gasteiger partial charge < -0.3 is 4.74 Å². The second kappa shape index (κ2) is 8.72. The van der Waals surface area contributed by atoms with Crippen LogP contribution in [-0.2, 0) is 14.9 Å². The quantitative estimate of drug-likeness (QED) is 0.325. The summed E-state index contributed by atoms with van der Waals surface area (Å²) in [5.41, 5.74) is -5.19. The smallest absolute Gasteiger partial charge is 0.339 e. The first-order valence-corrected chi connectivity index (χ1v) is 12.0. The van der Waals surface area contributed by atoms with Gasteiger partial charge in [-0.15, -0.1) is 0 Å². The zero-order chi connectivity index (χ0) is 25.9. The van der Waals surface area contributed by atoms with Crippen LogP contribution < -0.4 is 0 Å². The van der Waals surface area contributed by atoms with Crippen molar-refractivity contribution in [2.75, 3.05) is 5.94 Å². The SMILES string of the molecule is CC(C)C1C2CC(C1C(C)C)C(C(F)(F)F)C2CC(OCS(=O)(=O)O)(C(F)(F)F)C(F)(F)F. The molecule has 2 aliphatic rings. The van der Waals surface area contributed by atoms with Gasteiger partial charge in [0.1, 0.15) is 0 Å². The van der Waals surface area contributed by atoms with E-state index < -0.39 is 82.1 Å². The number of fused-ring (bicyclic) bond motifs is 2. The zero-order valence-corrected chi connectivity index (χ0v) is 19.0. The molecule has 0 heterocycles. The molecular formula is C19H27F9O4S. The molecule has 4 nitrogen and oxygen atoms in total. The number of ether oxygens (including phenoxy) is 1. The summed E-state index contributed by atoms with van der Waals surface area (Å²) in [6, 6.07) is 0. The van der Waals surface area contributed by atoms with Crippen LogP contribution in [0.15, 0.2) is 0 Å². The lowest BCUT2D eigenvalue weighted by molar-refractivity contribution is -0.385. The van der Waals surface area contributed by atoms with Gasteiger partial charge in [-0.25, -0.2) is 0 Å². The third-order valence-electron chi connectivity index (χ3n) is 7.26. The zero-order valence-electron chi connectivity index (χ0n) is 18.2. The van der Waals surface area contributed by atoms with Gasteiger partial charge in [-0.3, -0.25) is 4.55 Å². The normalized spacial score (nSPS) is 31.8. The lowest BCUT2D eigenvalue weighted by Crippen LogP contribution is -2.61. The molecule has 2 bridgehead atoms. The van der Waals surface area contributed by atoms with Crippen LogP contribution in [0, 0.1) is 47.3 Å². The van der Waals surface area contributed by atoms with Crippen molar-refractivity contribution in [1.29, 1.82) is 0 Å². The Hall–Kier alpha value is -0.760. The number of rotatable bonds is 7. The molecule has 0 radical (unpaired) electrons. The van der Waals surface area contributed by atoms with Gasteiger partial charge >= 0.3 is 18.5 Å². The molecule has 0 aromatic carbocycles. The molecule has 0 amide bonds. The predicted molar refractivity (Wildman–Crippen MR) is 98.2 cm³/mol. The van der Waals surface area contributed by atoms with E-state index in [1.165, 1.54) is 0 Å². The van der Waals surface area contributed by atoms with Crippen LogP contribution in [0.2, 0.25) is 0 Å². The van der Waals surface area contributed by atoms with Gasteiger partial charge in [0.05, 0.1) is 5.92 Å². The minimum Gasteiger partial charge on any atom is -0.339 e. The fraction of sp³-hybridized carbons (Fsp3) is 1.00. The second-order valence-corrected chi connectivity index (χ2v) is 11.2. The van der Waals surface area contributed by atoms with Gasteiger partial charge in [-0.1, -0.05) is 27.7 Å². The van der Waals surface area contributed by atoms with Crippen LogP contribution in [0.25, 0.3) is 0 Å². The Morgan fingerprint density at radius 2 is 1.27 bits per heavy atom. The molecule has 0 aliphatic heterocycles. The molecule has 196 valence electrons. The highest BCUT2D eigenvalue weighted by Gasteiger charge is 2.76. The van der Waals surface area contributed by atoms with E-state index in [9.17, 15) is 47.9 Å². The Labute approximate surface area is 186 Å². The minimum absolute atomic E-state index is 0.176. The van der Waals surface area contributed by atoms with Crippen molar-refractivity contribution in [2.24, 2.45) is 47.3 Å². The van der Waals surface area contributed by atoms with Gasteiger partial charge in [0.15, 0.2) is 5.94 Å². The maximum Gasteiger partial charge on any atom is 0.426 e. The maximum absolute atomic E-state index is 14.0. The molecule has 0 aromatic heterocycles. The fourth-order valence-corrected chi connectivity index (χ4v) is 6.74. The van der Waals surface area contributed by atoms with E-state index in [4.69, 9.17) is 4.55 Å². The topological polar surface area (TPSA) is 63.6 Å². The van der Waals surface area contributed by atoms with Crippen molar-refractivity contribution in [3.63, 3.8) is 0 Å². The van der Waals surface area contributed by atoms with E-state index in [1.54, 1.807) is 27.7 Å². The number of hydrogen-bond donors (Lipinski definition) is 1. The molecule has 2 rings (SSSR count). The van der Waals surface area contributed by atoms with Crippen LogP contribution in [0.4, 0.5) is 39.5 Å². The van der Waals surface area contributed by atoms with E-state index in [2.05, 4.69) is 4.74 Å². The van der Waals surface area contributed by atoms with Crippen molar-refractivity contribution in [1.82, 2.24) is 0 Å². The standard InChI is InChI=1S/C19H27F9O4S/c1-8(2)13-10-5-11(14(13)9(3)4)15(17(20,21)22)12(10)6-16(18(23,24)25,19(26,27)28)32-7-33(29,30)31/h8-15H,5-7H2,1-4H3,(H,29,30,31). The van der Waals surface area contributed by atoms with E-state index >= 15 is 0 Å². The number of halogens is 9. The lowest BCUT2D eigenvalue weighted by atomic mass is 9.60. The third-order valence-corrected chi connectivity index (χ3v) is 7.68. The van der Waals surface area contributed by atoms with Crippen molar-refractivity contribution in [3.05, 3.63) is 0 Å². The largest absolute Gasteiger partial charge is 0.426 e. The Morgan fingerprint density at radius 3 is 1.61 bits per heavy atom. The minimum atomic E-state index is -6.29. The van der Waals surface area contributed by atoms with E-state index in [1.807, 2.05) is 0 Å². The van der Waals surface area contributed by atoms with Crippen LogP contribution in [-0.4, -0.2) is 43.0 Å². The van der Waals surface area contributed by atoms with Gasteiger partial charge in [-0.2, -0.15) is 47.9 Å². The van der Waals surface area contributed by atoms with Gasteiger partial charge in [0.2, 0.25) is 0 Å². The highest BCUT2D eigenvalue weighted by atomic mass is 32.2. The molecule has 14 heteroatoms. The summed E-state index contributed by atoms with van der Waals surface area (Å²) in [6.07, 6.45) is -20.0. The van der Waals surface area contributed by atoms with E-state index in [0.29, 0.717) is 0 Å². The van der Waals surface area contributed by atoms with Crippen molar-refractivity contribution < 1.29 is 57.2 Å². The molecule has 6 atom stereocenters. The molecule has 0 saturated heterocycles. The van der Waals surface area contributed by atoms with E-state index in [0.717, 1.165) is 0 Å². The molecule has 2 fully saturated rings. The molecule has 33 heavy (non-hydrogen) atoms. The van der Waals surface area contributed by atoms with Crippen LogP contribution in [0.5, 0.6) is 0 Å². The Morgan fingerprint density at radius 1 is 0.848 bits per heavy atom. The van der Waals surface area contributed by atoms with Crippen molar-refractivity contribution in [3.8, 4) is 0 Å². The van der Waals surface area contributed by atoms with Gasteiger partial charge in [0, 0.05) is 0 Å². The average molecular weight is 522 g/mol. The van der Waals surface area contributed by atoms with Crippen LogP contribution in [0.3, 0.4) is 0 Å². The molecule has 6 unspecified atom stereocenters. The van der Waals surface area contributed by atoms with Crippen molar-refractivity contribution >= 4 is 10.1 Å². The summed E-state index contributed by atoms with van der Waals surface area (Å²) in [4.78, 5) is 0. The Balaban J connectivity index is 2.64. The highest BCUT2D eigenvalue weighted by Crippen LogP contribution is 2.68. The molecular weight excluding hydrogens is 495 g/mol. The van der Waals surface area contributed by atoms with E-state index in [-0.39, 0.29) is 18.3 Å². The number of alkyl halides is 9.